The van der Waals surface area contributed by atoms with Crippen LogP contribution in [0.1, 0.15) is 23.7 Å². The molecule has 126 valence electrons. The Balaban J connectivity index is 1.48. The van der Waals surface area contributed by atoms with Gasteiger partial charge in [0.1, 0.15) is 0 Å². The molecule has 0 bridgehead atoms. The summed E-state index contributed by atoms with van der Waals surface area (Å²) in [6, 6.07) is 14.5. The molecule has 1 aliphatic carbocycles. The van der Waals surface area contributed by atoms with E-state index in [9.17, 15) is 9.59 Å². The zero-order valence-electron chi connectivity index (χ0n) is 13.7. The van der Waals surface area contributed by atoms with Gasteiger partial charge in [0.15, 0.2) is 0 Å². The van der Waals surface area contributed by atoms with Crippen LogP contribution in [0.15, 0.2) is 48.5 Å². The minimum absolute atomic E-state index is 0.0161. The molecule has 0 spiro atoms. The summed E-state index contributed by atoms with van der Waals surface area (Å²) in [5, 5.41) is 5.62. The van der Waals surface area contributed by atoms with Gasteiger partial charge >= 0.3 is 0 Å². The van der Waals surface area contributed by atoms with E-state index in [0.717, 1.165) is 17.5 Å². The summed E-state index contributed by atoms with van der Waals surface area (Å²) in [7, 11) is 0. The van der Waals surface area contributed by atoms with Crippen LogP contribution in [0.3, 0.4) is 0 Å². The summed E-state index contributed by atoms with van der Waals surface area (Å²) in [5.74, 6) is 0.664. The highest BCUT2D eigenvalue weighted by molar-refractivity contribution is 6.05. The minimum Gasteiger partial charge on any atom is -0.326 e. The molecule has 3 N–H and O–H groups in total. The smallest absolute Gasteiger partial charge is 0.258 e. The number of benzene rings is 2. The third-order valence-corrected chi connectivity index (χ3v) is 4.46. The molecule has 4 rings (SSSR count). The van der Waals surface area contributed by atoms with Crippen LogP contribution in [0.5, 0.6) is 0 Å². The number of rotatable bonds is 4. The van der Waals surface area contributed by atoms with Crippen LogP contribution in [0.4, 0.5) is 11.6 Å². The van der Waals surface area contributed by atoms with E-state index in [2.05, 4.69) is 27.5 Å². The molecule has 1 heterocycles. The number of H-pyrrole nitrogens is 1. The van der Waals surface area contributed by atoms with E-state index in [4.69, 9.17) is 0 Å². The molecule has 0 unspecified atom stereocenters. The monoisotopic (exact) mass is 334 g/mol. The lowest BCUT2D eigenvalue weighted by molar-refractivity contribution is -0.117. The van der Waals surface area contributed by atoms with Gasteiger partial charge in [-0.2, -0.15) is 0 Å². The first-order valence-electron chi connectivity index (χ1n) is 8.27. The lowest BCUT2D eigenvalue weighted by Gasteiger charge is -2.07. The first-order valence-corrected chi connectivity index (χ1v) is 8.27. The third-order valence-electron chi connectivity index (χ3n) is 4.46. The zero-order chi connectivity index (χ0) is 17.4. The number of nitrogens with one attached hydrogen (secondary N) is 3. The Morgan fingerprint density at radius 1 is 1.12 bits per heavy atom. The third kappa shape index (κ3) is 3.24. The standard InChI is InChI=1S/C19H18N4O2/c1-11-9-14(11)18(25)20-13-6-4-5-12(10-13)17(24)23-19-21-15-7-2-3-8-16(15)22-19/h2-8,10-11,14H,9H2,1H3,(H,20,25)(H2,21,22,23,24)/t11-,14-/m0/s1. The Kier molecular flexibility index (Phi) is 3.72. The number of carbonyl (C=O) groups excluding carboxylic acids is 2. The average Bonchev–Trinajstić information content (AvgIpc) is 3.20. The second-order valence-corrected chi connectivity index (χ2v) is 6.45. The second kappa shape index (κ2) is 6.05. The Labute approximate surface area is 144 Å². The highest BCUT2D eigenvalue weighted by atomic mass is 16.2. The van der Waals surface area contributed by atoms with E-state index in [1.807, 2.05) is 24.3 Å². The van der Waals surface area contributed by atoms with Gasteiger partial charge in [-0.1, -0.05) is 25.1 Å². The average molecular weight is 334 g/mol. The number of para-hydroxylation sites is 2. The number of fused-ring (bicyclic) bond motifs is 1. The molecule has 1 aromatic heterocycles. The van der Waals surface area contributed by atoms with E-state index in [1.54, 1.807) is 24.3 Å². The Bertz CT molecular complexity index is 930. The van der Waals surface area contributed by atoms with Gasteiger partial charge in [0.25, 0.3) is 5.91 Å². The van der Waals surface area contributed by atoms with E-state index >= 15 is 0 Å². The van der Waals surface area contributed by atoms with Gasteiger partial charge in [0.05, 0.1) is 11.0 Å². The van der Waals surface area contributed by atoms with Gasteiger partial charge < -0.3 is 10.3 Å². The first-order chi connectivity index (χ1) is 12.1. The van der Waals surface area contributed by atoms with Crippen molar-refractivity contribution in [2.45, 2.75) is 13.3 Å². The van der Waals surface area contributed by atoms with Crippen molar-refractivity contribution in [1.29, 1.82) is 0 Å². The molecule has 1 fully saturated rings. The topological polar surface area (TPSA) is 86.9 Å². The van der Waals surface area contributed by atoms with Gasteiger partial charge in [-0.3, -0.25) is 14.9 Å². The van der Waals surface area contributed by atoms with Gasteiger partial charge in [0.2, 0.25) is 11.9 Å². The van der Waals surface area contributed by atoms with Crippen LogP contribution in [0.25, 0.3) is 11.0 Å². The minimum atomic E-state index is -0.282. The molecule has 25 heavy (non-hydrogen) atoms. The van der Waals surface area contributed by atoms with Crippen LogP contribution in [0, 0.1) is 11.8 Å². The maximum absolute atomic E-state index is 12.4. The number of anilines is 2. The number of imidazole rings is 1. The van der Waals surface area contributed by atoms with Crippen molar-refractivity contribution in [2.75, 3.05) is 10.6 Å². The molecule has 2 atom stereocenters. The molecule has 6 nitrogen and oxygen atoms in total. The molecular weight excluding hydrogens is 316 g/mol. The highest BCUT2D eigenvalue weighted by Gasteiger charge is 2.39. The number of amides is 2. The summed E-state index contributed by atoms with van der Waals surface area (Å²) in [6.07, 6.45) is 0.929. The van der Waals surface area contributed by atoms with Crippen molar-refractivity contribution >= 4 is 34.5 Å². The predicted molar refractivity (Wildman–Crippen MR) is 96.4 cm³/mol. The molecule has 0 radical (unpaired) electrons. The molecular formula is C19H18N4O2. The summed E-state index contributed by atoms with van der Waals surface area (Å²) < 4.78 is 0. The number of aromatic nitrogens is 2. The molecule has 6 heteroatoms. The van der Waals surface area contributed by atoms with Crippen molar-refractivity contribution in [3.63, 3.8) is 0 Å². The van der Waals surface area contributed by atoms with Gasteiger partial charge in [-0.25, -0.2) is 4.98 Å². The Hall–Kier alpha value is -3.15. The molecule has 1 aliphatic rings. The molecule has 0 aliphatic heterocycles. The van der Waals surface area contributed by atoms with Gasteiger partial charge in [0, 0.05) is 17.2 Å². The second-order valence-electron chi connectivity index (χ2n) is 6.45. The highest BCUT2D eigenvalue weighted by Crippen LogP contribution is 2.38. The Morgan fingerprint density at radius 2 is 1.92 bits per heavy atom. The molecule has 2 amide bonds. The van der Waals surface area contributed by atoms with Crippen LogP contribution >= 0.6 is 0 Å². The summed E-state index contributed by atoms with van der Waals surface area (Å²) in [5.41, 5.74) is 2.73. The predicted octanol–water partition coefficient (Wildman–Crippen LogP) is 3.41. The SMILES string of the molecule is C[C@H]1C[C@@H]1C(=O)Nc1cccc(C(=O)Nc2nc3ccccc3[nH]2)c1. The number of hydrogen-bond donors (Lipinski definition) is 3. The van der Waals surface area contributed by atoms with Crippen LogP contribution in [-0.4, -0.2) is 21.8 Å². The summed E-state index contributed by atoms with van der Waals surface area (Å²) in [4.78, 5) is 31.9. The molecule has 1 saturated carbocycles. The zero-order valence-corrected chi connectivity index (χ0v) is 13.7. The fourth-order valence-corrected chi connectivity index (χ4v) is 2.85. The number of aromatic amines is 1. The van der Waals surface area contributed by atoms with Crippen LogP contribution in [0.2, 0.25) is 0 Å². The lowest BCUT2D eigenvalue weighted by atomic mass is 10.2. The first kappa shape index (κ1) is 15.4. The van der Waals surface area contributed by atoms with Crippen LogP contribution in [-0.2, 0) is 4.79 Å². The molecule has 0 saturated heterocycles. The van der Waals surface area contributed by atoms with Crippen LogP contribution < -0.4 is 10.6 Å². The maximum Gasteiger partial charge on any atom is 0.258 e. The van der Waals surface area contributed by atoms with Gasteiger partial charge in [-0.15, -0.1) is 0 Å². The quantitative estimate of drug-likeness (QED) is 0.683. The van der Waals surface area contributed by atoms with E-state index < -0.39 is 0 Å². The van der Waals surface area contributed by atoms with Crippen molar-refractivity contribution in [3.8, 4) is 0 Å². The number of carbonyl (C=O) groups is 2. The van der Waals surface area contributed by atoms with Crippen molar-refractivity contribution in [1.82, 2.24) is 9.97 Å². The van der Waals surface area contributed by atoms with E-state index in [1.165, 1.54) is 0 Å². The van der Waals surface area contributed by atoms with Gasteiger partial charge in [-0.05, 0) is 42.7 Å². The normalized spacial score (nSPS) is 18.8. The fraction of sp³-hybridized carbons (Fsp3) is 0.211. The largest absolute Gasteiger partial charge is 0.326 e. The lowest BCUT2D eigenvalue weighted by Crippen LogP contribution is -2.16. The summed E-state index contributed by atoms with van der Waals surface area (Å²) >= 11 is 0. The fourth-order valence-electron chi connectivity index (χ4n) is 2.85. The molecule has 2 aromatic carbocycles. The molecule has 3 aromatic rings. The van der Waals surface area contributed by atoms with Crippen molar-refractivity contribution in [2.24, 2.45) is 11.8 Å². The van der Waals surface area contributed by atoms with Crippen molar-refractivity contribution in [3.05, 3.63) is 54.1 Å². The Morgan fingerprint density at radius 3 is 2.68 bits per heavy atom. The van der Waals surface area contributed by atoms with E-state index in [-0.39, 0.29) is 17.7 Å². The summed E-state index contributed by atoms with van der Waals surface area (Å²) in [6.45, 7) is 2.06. The van der Waals surface area contributed by atoms with Crippen molar-refractivity contribution < 1.29 is 9.59 Å². The number of hydrogen-bond acceptors (Lipinski definition) is 3. The maximum atomic E-state index is 12.4. The number of nitrogens with zero attached hydrogens (tertiary/aromatic N) is 1. The van der Waals surface area contributed by atoms with E-state index in [0.29, 0.717) is 23.1 Å².